The molecule has 1 atom stereocenters. The van der Waals surface area contributed by atoms with Gasteiger partial charge < -0.3 is 14.8 Å². The second-order valence-corrected chi connectivity index (χ2v) is 8.58. The molecule has 8 nitrogen and oxygen atoms in total. The molecular formula is C15H27NO7S. The van der Waals surface area contributed by atoms with E-state index in [9.17, 15) is 18.0 Å². The van der Waals surface area contributed by atoms with E-state index in [0.717, 1.165) is 6.26 Å². The van der Waals surface area contributed by atoms with Gasteiger partial charge in [-0.1, -0.05) is 0 Å². The van der Waals surface area contributed by atoms with Gasteiger partial charge in [0, 0.05) is 0 Å². The molecule has 0 aliphatic heterocycles. The minimum Gasteiger partial charge on any atom is -0.467 e. The fourth-order valence-corrected chi connectivity index (χ4v) is 3.38. The molecule has 1 aliphatic rings. The SMILES string of the molecule is COC(=O)[C@@H](NC(=O)OC(C)(C)C)C1CCC(OS(C)(=O)=O)CC1. The van der Waals surface area contributed by atoms with Crippen LogP contribution < -0.4 is 5.32 Å². The van der Waals surface area contributed by atoms with Crippen molar-refractivity contribution in [2.75, 3.05) is 13.4 Å². The van der Waals surface area contributed by atoms with Crippen molar-refractivity contribution in [2.45, 2.75) is 64.2 Å². The third-order valence-electron chi connectivity index (χ3n) is 3.63. The van der Waals surface area contributed by atoms with Crippen LogP contribution in [0.4, 0.5) is 4.79 Å². The quantitative estimate of drug-likeness (QED) is 0.582. The Morgan fingerprint density at radius 2 is 1.67 bits per heavy atom. The minimum atomic E-state index is -3.50. The molecule has 0 aromatic heterocycles. The van der Waals surface area contributed by atoms with E-state index >= 15 is 0 Å². The molecule has 1 N–H and O–H groups in total. The molecule has 1 fully saturated rings. The number of carbonyl (C=O) groups excluding carboxylic acids is 2. The predicted molar refractivity (Wildman–Crippen MR) is 86.8 cm³/mol. The highest BCUT2D eigenvalue weighted by atomic mass is 32.2. The van der Waals surface area contributed by atoms with Crippen LogP contribution in [0.1, 0.15) is 46.5 Å². The van der Waals surface area contributed by atoms with Gasteiger partial charge in [-0.3, -0.25) is 4.18 Å². The molecular weight excluding hydrogens is 338 g/mol. The molecule has 0 aromatic rings. The van der Waals surface area contributed by atoms with Crippen LogP contribution in [-0.4, -0.2) is 51.6 Å². The summed E-state index contributed by atoms with van der Waals surface area (Å²) in [5, 5.41) is 2.56. The highest BCUT2D eigenvalue weighted by Crippen LogP contribution is 2.30. The van der Waals surface area contributed by atoms with E-state index in [1.165, 1.54) is 7.11 Å². The number of rotatable bonds is 5. The Bertz CT molecular complexity index is 545. The number of ether oxygens (including phenoxy) is 2. The van der Waals surface area contributed by atoms with Gasteiger partial charge in [-0.15, -0.1) is 0 Å². The van der Waals surface area contributed by atoms with Gasteiger partial charge in [-0.2, -0.15) is 8.42 Å². The number of amides is 1. The van der Waals surface area contributed by atoms with E-state index < -0.39 is 39.9 Å². The van der Waals surface area contributed by atoms with E-state index in [1.807, 2.05) is 0 Å². The summed E-state index contributed by atoms with van der Waals surface area (Å²) in [4.78, 5) is 23.9. The summed E-state index contributed by atoms with van der Waals surface area (Å²) < 4.78 is 37.3. The zero-order valence-corrected chi connectivity index (χ0v) is 15.6. The van der Waals surface area contributed by atoms with Crippen molar-refractivity contribution in [3.8, 4) is 0 Å². The molecule has 24 heavy (non-hydrogen) atoms. The molecule has 9 heteroatoms. The van der Waals surface area contributed by atoms with Gasteiger partial charge in [-0.25, -0.2) is 9.59 Å². The van der Waals surface area contributed by atoms with Crippen LogP contribution >= 0.6 is 0 Å². The van der Waals surface area contributed by atoms with Crippen molar-refractivity contribution in [2.24, 2.45) is 5.92 Å². The van der Waals surface area contributed by atoms with Crippen molar-refractivity contribution in [3.63, 3.8) is 0 Å². The Morgan fingerprint density at radius 1 is 1.12 bits per heavy atom. The maximum absolute atomic E-state index is 12.0. The van der Waals surface area contributed by atoms with Gasteiger partial charge in [0.2, 0.25) is 0 Å². The van der Waals surface area contributed by atoms with Crippen LogP contribution in [-0.2, 0) is 28.6 Å². The smallest absolute Gasteiger partial charge is 0.408 e. The largest absolute Gasteiger partial charge is 0.467 e. The average Bonchev–Trinajstić information content (AvgIpc) is 2.41. The summed E-state index contributed by atoms with van der Waals surface area (Å²) in [6.45, 7) is 5.19. The maximum atomic E-state index is 12.0. The number of alkyl carbamates (subject to hydrolysis) is 1. The molecule has 1 rings (SSSR count). The third kappa shape index (κ3) is 7.48. The van der Waals surface area contributed by atoms with Crippen LogP contribution in [0.15, 0.2) is 0 Å². The number of nitrogens with one attached hydrogen (secondary N) is 1. The van der Waals surface area contributed by atoms with Gasteiger partial charge in [0.15, 0.2) is 0 Å². The van der Waals surface area contributed by atoms with Crippen molar-refractivity contribution >= 4 is 22.2 Å². The average molecular weight is 365 g/mol. The van der Waals surface area contributed by atoms with Crippen LogP contribution in [0.25, 0.3) is 0 Å². The highest BCUT2D eigenvalue weighted by Gasteiger charge is 2.36. The van der Waals surface area contributed by atoms with Gasteiger partial charge >= 0.3 is 12.1 Å². The fraction of sp³-hybridized carbons (Fsp3) is 0.867. The zero-order valence-electron chi connectivity index (χ0n) is 14.8. The Labute approximate surface area is 143 Å². The second kappa shape index (κ2) is 8.15. The predicted octanol–water partition coefficient (Wildman–Crippen LogP) is 1.59. The lowest BCUT2D eigenvalue weighted by Gasteiger charge is -2.32. The lowest BCUT2D eigenvalue weighted by atomic mass is 9.82. The van der Waals surface area contributed by atoms with E-state index in [-0.39, 0.29) is 5.92 Å². The van der Waals surface area contributed by atoms with Crippen molar-refractivity contribution in [1.29, 1.82) is 0 Å². The monoisotopic (exact) mass is 365 g/mol. The second-order valence-electron chi connectivity index (χ2n) is 6.98. The number of hydrogen-bond donors (Lipinski definition) is 1. The molecule has 1 aliphatic carbocycles. The Kier molecular flexibility index (Phi) is 7.03. The van der Waals surface area contributed by atoms with E-state index in [0.29, 0.717) is 25.7 Å². The fourth-order valence-electron chi connectivity index (χ4n) is 2.70. The number of hydrogen-bond acceptors (Lipinski definition) is 7. The first-order valence-electron chi connectivity index (χ1n) is 7.87. The summed E-state index contributed by atoms with van der Waals surface area (Å²) in [7, 11) is -2.25. The molecule has 1 saturated carbocycles. The maximum Gasteiger partial charge on any atom is 0.408 e. The van der Waals surface area contributed by atoms with Crippen LogP contribution in [0.3, 0.4) is 0 Å². The summed E-state index contributed by atoms with van der Waals surface area (Å²) in [5.41, 5.74) is -0.675. The normalized spacial score (nSPS) is 23.2. The third-order valence-corrected chi connectivity index (χ3v) is 4.25. The first-order valence-corrected chi connectivity index (χ1v) is 9.68. The Balaban J connectivity index is 2.67. The van der Waals surface area contributed by atoms with Crippen molar-refractivity contribution < 1.29 is 31.7 Å². The zero-order chi connectivity index (χ0) is 18.5. The van der Waals surface area contributed by atoms with Gasteiger partial charge in [0.05, 0.1) is 19.5 Å². The Hall–Kier alpha value is -1.35. The topological polar surface area (TPSA) is 108 Å². The molecule has 1 amide bonds. The number of esters is 1. The summed E-state index contributed by atoms with van der Waals surface area (Å²) >= 11 is 0. The standard InChI is InChI=1S/C15H27NO7S/c1-15(2,3)22-14(18)16-12(13(17)21-4)10-6-8-11(9-7-10)23-24(5,19)20/h10-12H,6-9H2,1-5H3,(H,16,18)/t10?,11?,12-/m0/s1. The summed E-state index contributed by atoms with van der Waals surface area (Å²) in [5.74, 6) is -0.710. The van der Waals surface area contributed by atoms with Crippen LogP contribution in [0.2, 0.25) is 0 Å². The molecule has 0 aromatic carbocycles. The number of methoxy groups -OCH3 is 1. The summed E-state index contributed by atoms with van der Waals surface area (Å²) in [6.07, 6.45) is 1.98. The first-order chi connectivity index (χ1) is 10.9. The lowest BCUT2D eigenvalue weighted by Crippen LogP contribution is -2.49. The highest BCUT2D eigenvalue weighted by molar-refractivity contribution is 7.86. The number of carbonyl (C=O) groups is 2. The molecule has 0 radical (unpaired) electrons. The molecule has 140 valence electrons. The molecule has 0 heterocycles. The van der Waals surface area contributed by atoms with Crippen molar-refractivity contribution in [1.82, 2.24) is 5.32 Å². The van der Waals surface area contributed by atoms with Crippen LogP contribution in [0, 0.1) is 5.92 Å². The first kappa shape index (κ1) is 20.7. The minimum absolute atomic E-state index is 0.163. The molecule has 0 bridgehead atoms. The van der Waals surface area contributed by atoms with E-state index in [4.69, 9.17) is 13.7 Å². The van der Waals surface area contributed by atoms with Gasteiger partial charge in [0.1, 0.15) is 11.6 Å². The molecule has 0 saturated heterocycles. The van der Waals surface area contributed by atoms with Gasteiger partial charge in [-0.05, 0) is 52.4 Å². The van der Waals surface area contributed by atoms with Crippen LogP contribution in [0.5, 0.6) is 0 Å². The van der Waals surface area contributed by atoms with E-state index in [1.54, 1.807) is 20.8 Å². The van der Waals surface area contributed by atoms with Gasteiger partial charge in [0.25, 0.3) is 10.1 Å². The molecule has 0 spiro atoms. The van der Waals surface area contributed by atoms with E-state index in [2.05, 4.69) is 5.32 Å². The lowest BCUT2D eigenvalue weighted by molar-refractivity contribution is -0.145. The Morgan fingerprint density at radius 3 is 2.08 bits per heavy atom. The molecule has 0 unspecified atom stereocenters. The summed E-state index contributed by atoms with van der Waals surface area (Å²) in [6, 6.07) is -0.830. The van der Waals surface area contributed by atoms with Crippen molar-refractivity contribution in [3.05, 3.63) is 0 Å².